The normalized spacial score (nSPS) is 30.9. The molecule has 0 aromatic heterocycles. The summed E-state index contributed by atoms with van der Waals surface area (Å²) in [4.78, 5) is 14.6. The Morgan fingerprint density at radius 1 is 1.45 bits per heavy atom. The second-order valence-electron chi connectivity index (χ2n) is 5.66. The van der Waals surface area contributed by atoms with Crippen molar-refractivity contribution in [1.82, 2.24) is 4.90 Å². The maximum absolute atomic E-state index is 12.3. The van der Waals surface area contributed by atoms with Gasteiger partial charge in [-0.25, -0.2) is 4.79 Å². The second kappa shape index (κ2) is 4.09. The first kappa shape index (κ1) is 12.0. The number of ether oxygens (including phenoxy) is 2. The molecule has 4 heteroatoms. The van der Waals surface area contributed by atoms with E-state index in [9.17, 15) is 4.79 Å². The molecule has 2 atom stereocenters. The van der Waals surface area contributed by atoms with Gasteiger partial charge in [0.25, 0.3) is 0 Å². The zero-order valence-corrected chi connectivity index (χ0v) is 11.5. The first-order valence-corrected chi connectivity index (χ1v) is 7.05. The van der Waals surface area contributed by atoms with Crippen molar-refractivity contribution in [2.45, 2.75) is 24.4 Å². The Bertz CT molecular complexity index is 609. The topological polar surface area (TPSA) is 38.8 Å². The molecule has 3 aliphatic rings. The molecule has 0 bridgehead atoms. The van der Waals surface area contributed by atoms with Crippen molar-refractivity contribution in [2.75, 3.05) is 20.3 Å². The summed E-state index contributed by atoms with van der Waals surface area (Å²) < 4.78 is 10.9. The van der Waals surface area contributed by atoms with Gasteiger partial charge in [-0.05, 0) is 30.6 Å². The standard InChI is InChI=1S/C16H17NO3/c1-19-15(18)16-7-4-8-17(16)14-11(9-16)10-20-13-6-3-2-5-12(13)14/h2-3,5-6,9,14H,4,7-8,10H2,1H3/t14-,16-/m0/s1. The number of benzene rings is 1. The van der Waals surface area contributed by atoms with Crippen LogP contribution < -0.4 is 4.74 Å². The highest BCUT2D eigenvalue weighted by Gasteiger charge is 2.56. The van der Waals surface area contributed by atoms with E-state index in [0.717, 1.165) is 30.7 Å². The molecule has 0 N–H and O–H groups in total. The van der Waals surface area contributed by atoms with Gasteiger partial charge < -0.3 is 9.47 Å². The summed E-state index contributed by atoms with van der Waals surface area (Å²) in [5.74, 6) is 0.789. The van der Waals surface area contributed by atoms with Crippen LogP contribution in [0, 0.1) is 0 Å². The van der Waals surface area contributed by atoms with Crippen LogP contribution in [-0.2, 0) is 9.53 Å². The molecule has 1 aromatic rings. The van der Waals surface area contributed by atoms with Crippen molar-refractivity contribution < 1.29 is 14.3 Å². The smallest absolute Gasteiger partial charge is 0.330 e. The van der Waals surface area contributed by atoms with Gasteiger partial charge in [-0.3, -0.25) is 4.90 Å². The number of hydrogen-bond donors (Lipinski definition) is 0. The van der Waals surface area contributed by atoms with E-state index < -0.39 is 5.54 Å². The van der Waals surface area contributed by atoms with Gasteiger partial charge in [0.1, 0.15) is 17.9 Å². The molecule has 0 unspecified atom stereocenters. The van der Waals surface area contributed by atoms with Crippen molar-refractivity contribution in [3.05, 3.63) is 41.5 Å². The van der Waals surface area contributed by atoms with Crippen molar-refractivity contribution in [3.8, 4) is 5.75 Å². The van der Waals surface area contributed by atoms with Crippen LogP contribution >= 0.6 is 0 Å². The summed E-state index contributed by atoms with van der Waals surface area (Å²) in [6.45, 7) is 1.49. The highest BCUT2D eigenvalue weighted by atomic mass is 16.5. The number of methoxy groups -OCH3 is 1. The minimum Gasteiger partial charge on any atom is -0.489 e. The molecule has 1 saturated heterocycles. The molecular weight excluding hydrogens is 254 g/mol. The van der Waals surface area contributed by atoms with Gasteiger partial charge in [0.05, 0.1) is 13.2 Å². The molecule has 4 nitrogen and oxygen atoms in total. The molecule has 1 fully saturated rings. The lowest BCUT2D eigenvalue weighted by atomic mass is 9.95. The predicted octanol–water partition coefficient (Wildman–Crippen LogP) is 2.07. The lowest BCUT2D eigenvalue weighted by Gasteiger charge is -2.35. The van der Waals surface area contributed by atoms with Crippen molar-refractivity contribution in [3.63, 3.8) is 0 Å². The SMILES string of the molecule is COC(=O)[C@]12C=C3COc4ccccc4[C@H]3N1CCC2. The summed E-state index contributed by atoms with van der Waals surface area (Å²) in [6, 6.07) is 8.28. The summed E-state index contributed by atoms with van der Waals surface area (Å²) >= 11 is 0. The highest BCUT2D eigenvalue weighted by molar-refractivity contribution is 5.85. The van der Waals surface area contributed by atoms with Crippen LogP contribution in [0.2, 0.25) is 0 Å². The van der Waals surface area contributed by atoms with Gasteiger partial charge in [-0.15, -0.1) is 0 Å². The lowest BCUT2D eigenvalue weighted by molar-refractivity contribution is -0.150. The molecule has 0 radical (unpaired) electrons. The van der Waals surface area contributed by atoms with Crippen molar-refractivity contribution >= 4 is 5.97 Å². The Morgan fingerprint density at radius 2 is 2.30 bits per heavy atom. The van der Waals surface area contributed by atoms with E-state index in [-0.39, 0.29) is 12.0 Å². The molecular formula is C16H17NO3. The third-order valence-corrected chi connectivity index (χ3v) is 4.70. The van der Waals surface area contributed by atoms with Crippen LogP contribution in [0.3, 0.4) is 0 Å². The number of carbonyl (C=O) groups is 1. The average molecular weight is 271 g/mol. The van der Waals surface area contributed by atoms with E-state index in [2.05, 4.69) is 17.0 Å². The maximum atomic E-state index is 12.3. The molecule has 104 valence electrons. The van der Waals surface area contributed by atoms with Gasteiger partial charge in [-0.1, -0.05) is 18.2 Å². The third-order valence-electron chi connectivity index (χ3n) is 4.70. The molecule has 0 saturated carbocycles. The summed E-state index contributed by atoms with van der Waals surface area (Å²) in [5, 5.41) is 0. The minimum atomic E-state index is -0.574. The van der Waals surface area contributed by atoms with E-state index in [1.165, 1.54) is 12.7 Å². The number of esters is 1. The summed E-state index contributed by atoms with van der Waals surface area (Å²) in [6.07, 6.45) is 3.95. The lowest BCUT2D eigenvalue weighted by Crippen LogP contribution is -2.47. The number of fused-ring (bicyclic) bond motifs is 5. The number of hydrogen-bond acceptors (Lipinski definition) is 4. The monoisotopic (exact) mass is 271 g/mol. The fourth-order valence-electron chi connectivity index (χ4n) is 3.90. The van der Waals surface area contributed by atoms with E-state index in [4.69, 9.17) is 9.47 Å². The minimum absolute atomic E-state index is 0.144. The first-order chi connectivity index (χ1) is 9.76. The second-order valence-corrected chi connectivity index (χ2v) is 5.66. The molecule has 0 spiro atoms. The Balaban J connectivity index is 1.84. The number of rotatable bonds is 1. The van der Waals surface area contributed by atoms with Gasteiger partial charge >= 0.3 is 5.97 Å². The van der Waals surface area contributed by atoms with Crippen molar-refractivity contribution in [1.29, 1.82) is 0 Å². The van der Waals surface area contributed by atoms with Gasteiger partial charge in [-0.2, -0.15) is 0 Å². The van der Waals surface area contributed by atoms with E-state index in [1.54, 1.807) is 0 Å². The highest BCUT2D eigenvalue weighted by Crippen LogP contribution is 2.51. The fourth-order valence-corrected chi connectivity index (χ4v) is 3.90. The fraction of sp³-hybridized carbons (Fsp3) is 0.438. The van der Waals surface area contributed by atoms with Crippen LogP contribution in [-0.4, -0.2) is 36.7 Å². The zero-order chi connectivity index (χ0) is 13.7. The molecule has 20 heavy (non-hydrogen) atoms. The first-order valence-electron chi connectivity index (χ1n) is 7.05. The van der Waals surface area contributed by atoms with E-state index in [0.29, 0.717) is 6.61 Å². The molecule has 3 aliphatic heterocycles. The largest absolute Gasteiger partial charge is 0.489 e. The summed E-state index contributed by atoms with van der Waals surface area (Å²) in [5.41, 5.74) is 1.78. The van der Waals surface area contributed by atoms with Crippen LogP contribution in [0.1, 0.15) is 24.4 Å². The van der Waals surface area contributed by atoms with Gasteiger partial charge in [0.2, 0.25) is 0 Å². The number of para-hydroxylation sites is 1. The molecule has 1 aromatic carbocycles. The quantitative estimate of drug-likeness (QED) is 0.579. The molecule has 3 heterocycles. The Morgan fingerprint density at radius 3 is 3.15 bits per heavy atom. The molecule has 4 rings (SSSR count). The zero-order valence-electron chi connectivity index (χ0n) is 11.5. The van der Waals surface area contributed by atoms with Crippen LogP contribution in [0.4, 0.5) is 0 Å². The Kier molecular flexibility index (Phi) is 2.45. The number of carbonyl (C=O) groups excluding carboxylic acids is 1. The van der Waals surface area contributed by atoms with Gasteiger partial charge in [0, 0.05) is 12.1 Å². The Hall–Kier alpha value is -1.81. The van der Waals surface area contributed by atoms with Gasteiger partial charge in [0.15, 0.2) is 0 Å². The molecule has 0 amide bonds. The van der Waals surface area contributed by atoms with Crippen LogP contribution in [0.15, 0.2) is 35.9 Å². The Labute approximate surface area is 118 Å². The maximum Gasteiger partial charge on any atom is 0.330 e. The molecule has 0 aliphatic carbocycles. The van der Waals surface area contributed by atoms with E-state index >= 15 is 0 Å². The predicted molar refractivity (Wildman–Crippen MR) is 73.4 cm³/mol. The van der Waals surface area contributed by atoms with Crippen LogP contribution in [0.5, 0.6) is 5.75 Å². The summed E-state index contributed by atoms with van der Waals surface area (Å²) in [7, 11) is 1.47. The van der Waals surface area contributed by atoms with Crippen LogP contribution in [0.25, 0.3) is 0 Å². The van der Waals surface area contributed by atoms with Crippen molar-refractivity contribution in [2.24, 2.45) is 0 Å². The number of nitrogens with zero attached hydrogens (tertiary/aromatic N) is 1. The van der Waals surface area contributed by atoms with E-state index in [1.807, 2.05) is 18.2 Å². The third kappa shape index (κ3) is 1.37. The average Bonchev–Trinajstić information content (AvgIpc) is 3.02.